The van der Waals surface area contributed by atoms with Crippen molar-refractivity contribution in [3.8, 4) is 0 Å². The lowest BCUT2D eigenvalue weighted by atomic mass is 10.4. The number of likely N-dealkylation sites (N-methyl/N-ethyl adjacent to an activating group) is 1. The molecule has 0 aliphatic rings. The third-order valence-corrected chi connectivity index (χ3v) is 2.56. The Morgan fingerprint density at radius 2 is 2.11 bits per heavy atom. The fourth-order valence-corrected chi connectivity index (χ4v) is 1.55. The van der Waals surface area contributed by atoms with Crippen LogP contribution in [0.15, 0.2) is 6.33 Å². The van der Waals surface area contributed by atoms with Crippen LogP contribution in [-0.2, 0) is 4.79 Å². The first kappa shape index (κ1) is 14.6. The molecule has 9 nitrogen and oxygen atoms in total. The molecule has 0 aliphatic carbocycles. The third kappa shape index (κ3) is 3.50. The highest BCUT2D eigenvalue weighted by Crippen LogP contribution is 2.25. The molecule has 104 valence electrons. The van der Waals surface area contributed by atoms with Gasteiger partial charge >= 0.3 is 5.69 Å². The number of nitrogen functional groups attached to an aromatic ring is 1. The van der Waals surface area contributed by atoms with Gasteiger partial charge in [-0.15, -0.1) is 0 Å². The molecule has 1 rings (SSSR count). The highest BCUT2D eigenvalue weighted by Gasteiger charge is 2.21. The molecule has 19 heavy (non-hydrogen) atoms. The van der Waals surface area contributed by atoms with E-state index in [0.29, 0.717) is 13.1 Å². The van der Waals surface area contributed by atoms with E-state index in [-0.39, 0.29) is 24.1 Å². The molecule has 0 fully saturated rings. The second kappa shape index (κ2) is 6.47. The van der Waals surface area contributed by atoms with E-state index in [0.717, 1.165) is 6.33 Å². The van der Waals surface area contributed by atoms with Crippen molar-refractivity contribution in [1.82, 2.24) is 14.9 Å². The molecule has 0 radical (unpaired) electrons. The van der Waals surface area contributed by atoms with Gasteiger partial charge in [-0.1, -0.05) is 0 Å². The van der Waals surface area contributed by atoms with Crippen LogP contribution in [0.5, 0.6) is 0 Å². The molecule has 0 aliphatic heterocycles. The van der Waals surface area contributed by atoms with Crippen molar-refractivity contribution in [2.75, 3.05) is 30.7 Å². The van der Waals surface area contributed by atoms with Gasteiger partial charge in [0, 0.05) is 13.1 Å². The summed E-state index contributed by atoms with van der Waals surface area (Å²) in [5.74, 6) is -0.465. The number of nitro groups is 1. The summed E-state index contributed by atoms with van der Waals surface area (Å²) in [6.07, 6.45) is 1.10. The Labute approximate surface area is 110 Å². The van der Waals surface area contributed by atoms with Gasteiger partial charge in [0.2, 0.25) is 17.5 Å². The number of amides is 1. The summed E-state index contributed by atoms with van der Waals surface area (Å²) in [6, 6.07) is 0. The molecule has 0 bridgehead atoms. The first-order valence-corrected chi connectivity index (χ1v) is 5.77. The minimum Gasteiger partial charge on any atom is -0.378 e. The van der Waals surface area contributed by atoms with Crippen LogP contribution >= 0.6 is 0 Å². The molecular formula is C10H16N6O3. The molecule has 1 amide bonds. The van der Waals surface area contributed by atoms with Gasteiger partial charge in [-0.3, -0.25) is 14.9 Å². The van der Waals surface area contributed by atoms with Gasteiger partial charge in [0.05, 0.1) is 11.5 Å². The molecule has 3 N–H and O–H groups in total. The molecular weight excluding hydrogens is 252 g/mol. The van der Waals surface area contributed by atoms with Gasteiger partial charge in [0.25, 0.3) is 0 Å². The van der Waals surface area contributed by atoms with Gasteiger partial charge in [-0.2, -0.15) is 0 Å². The number of rotatable bonds is 6. The van der Waals surface area contributed by atoms with Crippen LogP contribution in [0.4, 0.5) is 17.3 Å². The van der Waals surface area contributed by atoms with Crippen molar-refractivity contribution in [3.05, 3.63) is 16.4 Å². The number of nitrogens with zero attached hydrogens (tertiary/aromatic N) is 4. The summed E-state index contributed by atoms with van der Waals surface area (Å²) in [5.41, 5.74) is 4.99. The second-order valence-electron chi connectivity index (χ2n) is 3.63. The molecule has 0 saturated heterocycles. The van der Waals surface area contributed by atoms with E-state index in [4.69, 9.17) is 5.73 Å². The predicted octanol–water partition coefficient (Wildman–Crippen LogP) is 0.247. The molecule has 1 aromatic rings. The Hall–Kier alpha value is -2.45. The summed E-state index contributed by atoms with van der Waals surface area (Å²) < 4.78 is 0. The van der Waals surface area contributed by atoms with Gasteiger partial charge in [-0.25, -0.2) is 9.97 Å². The van der Waals surface area contributed by atoms with E-state index in [1.807, 2.05) is 13.8 Å². The van der Waals surface area contributed by atoms with Crippen molar-refractivity contribution >= 4 is 23.2 Å². The fourth-order valence-electron chi connectivity index (χ4n) is 1.55. The zero-order chi connectivity index (χ0) is 14.4. The normalized spacial score (nSPS) is 10.0. The van der Waals surface area contributed by atoms with E-state index in [1.54, 1.807) is 4.90 Å². The standard InChI is InChI=1S/C10H16N6O3/c1-3-15(4-2)7(17)5-12-10-8(16(18)19)9(11)13-6-14-10/h6H,3-5H2,1-2H3,(H3,11,12,13,14). The predicted molar refractivity (Wildman–Crippen MR) is 69.5 cm³/mol. The van der Waals surface area contributed by atoms with Gasteiger partial charge < -0.3 is 16.0 Å². The van der Waals surface area contributed by atoms with Crippen LogP contribution in [0.2, 0.25) is 0 Å². The number of carbonyl (C=O) groups excluding carboxylic acids is 1. The molecule has 0 atom stereocenters. The van der Waals surface area contributed by atoms with E-state index in [9.17, 15) is 14.9 Å². The number of anilines is 2. The van der Waals surface area contributed by atoms with Crippen molar-refractivity contribution in [2.45, 2.75) is 13.8 Å². The maximum absolute atomic E-state index is 11.8. The number of hydrogen-bond acceptors (Lipinski definition) is 7. The topological polar surface area (TPSA) is 127 Å². The maximum atomic E-state index is 11.8. The van der Waals surface area contributed by atoms with Crippen molar-refractivity contribution in [1.29, 1.82) is 0 Å². The van der Waals surface area contributed by atoms with Crippen LogP contribution in [0.1, 0.15) is 13.8 Å². The Morgan fingerprint density at radius 1 is 1.47 bits per heavy atom. The molecule has 0 spiro atoms. The Balaban J connectivity index is 2.81. The first-order chi connectivity index (χ1) is 9.01. The van der Waals surface area contributed by atoms with Crippen LogP contribution in [-0.4, -0.2) is 45.3 Å². The molecule has 1 heterocycles. The average Bonchev–Trinajstić information content (AvgIpc) is 2.37. The Bertz CT molecular complexity index is 474. The summed E-state index contributed by atoms with van der Waals surface area (Å²) in [7, 11) is 0. The van der Waals surface area contributed by atoms with E-state index < -0.39 is 10.6 Å². The first-order valence-electron chi connectivity index (χ1n) is 5.77. The number of nitrogens with two attached hydrogens (primary N) is 1. The lowest BCUT2D eigenvalue weighted by Crippen LogP contribution is -2.35. The Morgan fingerprint density at radius 3 is 2.63 bits per heavy atom. The summed E-state index contributed by atoms with van der Waals surface area (Å²) in [6.45, 7) is 4.77. The molecule has 0 unspecified atom stereocenters. The van der Waals surface area contributed by atoms with Gasteiger partial charge in [0.15, 0.2) is 0 Å². The second-order valence-corrected chi connectivity index (χ2v) is 3.63. The molecule has 1 aromatic heterocycles. The molecule has 0 saturated carbocycles. The van der Waals surface area contributed by atoms with Gasteiger partial charge in [0.1, 0.15) is 6.33 Å². The molecule has 9 heteroatoms. The minimum absolute atomic E-state index is 0.0574. The van der Waals surface area contributed by atoms with E-state index >= 15 is 0 Å². The number of aromatic nitrogens is 2. The van der Waals surface area contributed by atoms with Crippen molar-refractivity contribution in [3.63, 3.8) is 0 Å². The van der Waals surface area contributed by atoms with Crippen LogP contribution in [0, 0.1) is 10.1 Å². The minimum atomic E-state index is -0.681. The highest BCUT2D eigenvalue weighted by atomic mass is 16.6. The highest BCUT2D eigenvalue weighted by molar-refractivity contribution is 5.82. The molecule has 0 aromatic carbocycles. The zero-order valence-corrected chi connectivity index (χ0v) is 10.8. The lowest BCUT2D eigenvalue weighted by molar-refractivity contribution is -0.383. The monoisotopic (exact) mass is 268 g/mol. The largest absolute Gasteiger partial charge is 0.378 e. The zero-order valence-electron chi connectivity index (χ0n) is 10.8. The smallest absolute Gasteiger partial charge is 0.352 e. The van der Waals surface area contributed by atoms with E-state index in [2.05, 4.69) is 15.3 Å². The van der Waals surface area contributed by atoms with Crippen LogP contribution in [0.3, 0.4) is 0 Å². The van der Waals surface area contributed by atoms with Crippen molar-refractivity contribution < 1.29 is 9.72 Å². The van der Waals surface area contributed by atoms with Gasteiger partial charge in [-0.05, 0) is 13.8 Å². The lowest BCUT2D eigenvalue weighted by Gasteiger charge is -2.18. The van der Waals surface area contributed by atoms with Crippen LogP contribution in [0.25, 0.3) is 0 Å². The number of carbonyl (C=O) groups is 1. The number of hydrogen-bond donors (Lipinski definition) is 2. The Kier molecular flexibility index (Phi) is 4.98. The fraction of sp³-hybridized carbons (Fsp3) is 0.500. The number of nitrogens with one attached hydrogen (secondary N) is 1. The average molecular weight is 268 g/mol. The summed E-state index contributed by atoms with van der Waals surface area (Å²) >= 11 is 0. The quantitative estimate of drug-likeness (QED) is 0.559. The van der Waals surface area contributed by atoms with Crippen molar-refractivity contribution in [2.24, 2.45) is 0 Å². The van der Waals surface area contributed by atoms with E-state index in [1.165, 1.54) is 0 Å². The maximum Gasteiger partial charge on any atom is 0.352 e. The summed E-state index contributed by atoms with van der Waals surface area (Å²) in [5, 5.41) is 13.5. The third-order valence-electron chi connectivity index (χ3n) is 2.56. The SMILES string of the molecule is CCN(CC)C(=O)CNc1ncnc(N)c1[N+](=O)[O-]. The summed E-state index contributed by atoms with van der Waals surface area (Å²) in [4.78, 5) is 30.8. The van der Waals surface area contributed by atoms with Crippen LogP contribution < -0.4 is 11.1 Å².